The average Bonchev–Trinajstić information content (AvgIpc) is 2.62. The van der Waals surface area contributed by atoms with Gasteiger partial charge in [0.2, 0.25) is 5.91 Å². The van der Waals surface area contributed by atoms with E-state index in [0.29, 0.717) is 0 Å². The van der Waals surface area contributed by atoms with E-state index in [2.05, 4.69) is 5.32 Å². The number of carboxylic acid groups (broad SMARTS) is 2. The molecule has 0 fully saturated rings. The Balaban J connectivity index is 0.00000729. The van der Waals surface area contributed by atoms with Crippen LogP contribution in [0.1, 0.15) is 25.7 Å². The van der Waals surface area contributed by atoms with Gasteiger partial charge in [-0.15, -0.1) is 12.4 Å². The molecule has 1 rings (SSSR count). The van der Waals surface area contributed by atoms with Gasteiger partial charge in [0.15, 0.2) is 9.84 Å². The van der Waals surface area contributed by atoms with Gasteiger partial charge in [-0.1, -0.05) is 24.3 Å². The first-order valence-electron chi connectivity index (χ1n) is 8.09. The van der Waals surface area contributed by atoms with Gasteiger partial charge in [0.1, 0.15) is 0 Å². The predicted octanol–water partition coefficient (Wildman–Crippen LogP) is 0.937. The molecule has 1 aromatic carbocycles. The summed E-state index contributed by atoms with van der Waals surface area (Å²) in [6.45, 7) is 0. The lowest BCUT2D eigenvalue weighted by molar-refractivity contribution is -0.138. The molecule has 0 aromatic heterocycles. The summed E-state index contributed by atoms with van der Waals surface area (Å²) in [5.74, 6) is -2.90. The van der Waals surface area contributed by atoms with Gasteiger partial charge in [-0.2, -0.15) is 0 Å². The Hall–Kier alpha value is -2.43. The van der Waals surface area contributed by atoms with Gasteiger partial charge in [-0.3, -0.25) is 14.4 Å². The molecule has 0 spiro atoms. The lowest BCUT2D eigenvalue weighted by atomic mass is 10.1. The van der Waals surface area contributed by atoms with E-state index in [0.717, 1.165) is 5.41 Å². The van der Waals surface area contributed by atoms with Crippen LogP contribution in [0.4, 0.5) is 0 Å². The zero-order chi connectivity index (χ0) is 20.4. The maximum Gasteiger partial charge on any atom is 0.303 e. The van der Waals surface area contributed by atoms with Crippen molar-refractivity contribution in [3.05, 3.63) is 41.8 Å². The number of carbonyl (C=O) groups is 3. The van der Waals surface area contributed by atoms with Crippen LogP contribution in [0.3, 0.4) is 0 Å². The SMILES string of the molecule is Cl.N[C@@H](CCC(=O)O)C(=O)NC(C=CS(=O)(=O)c1ccccc1)CCC(=O)O. The van der Waals surface area contributed by atoms with Crippen molar-refractivity contribution in [1.82, 2.24) is 5.32 Å². The fourth-order valence-corrected chi connectivity index (χ4v) is 3.17. The number of benzene rings is 1. The molecule has 0 aliphatic rings. The number of rotatable bonds is 11. The number of carboxylic acids is 2. The van der Waals surface area contributed by atoms with Crippen molar-refractivity contribution in [2.45, 2.75) is 42.7 Å². The highest BCUT2D eigenvalue weighted by Gasteiger charge is 2.19. The summed E-state index contributed by atoms with van der Waals surface area (Å²) in [5, 5.41) is 20.8. The summed E-state index contributed by atoms with van der Waals surface area (Å²) in [7, 11) is -3.76. The molecule has 0 saturated carbocycles. The molecule has 0 aliphatic carbocycles. The number of amides is 1. The van der Waals surface area contributed by atoms with Gasteiger partial charge >= 0.3 is 11.9 Å². The van der Waals surface area contributed by atoms with Crippen molar-refractivity contribution in [2.75, 3.05) is 0 Å². The molecule has 28 heavy (non-hydrogen) atoms. The van der Waals surface area contributed by atoms with Crippen LogP contribution in [-0.4, -0.2) is 48.6 Å². The minimum absolute atomic E-state index is 0. The Kier molecular flexibility index (Phi) is 11.1. The molecule has 1 unspecified atom stereocenters. The van der Waals surface area contributed by atoms with Crippen molar-refractivity contribution >= 4 is 40.1 Å². The molecule has 156 valence electrons. The van der Waals surface area contributed by atoms with Gasteiger partial charge in [-0.25, -0.2) is 8.42 Å². The second-order valence-corrected chi connectivity index (χ2v) is 7.61. The normalized spacial score (nSPS) is 13.3. The van der Waals surface area contributed by atoms with E-state index in [1.807, 2.05) is 0 Å². The molecule has 9 nitrogen and oxygen atoms in total. The molecule has 1 aromatic rings. The van der Waals surface area contributed by atoms with Crippen LogP contribution in [0.15, 0.2) is 46.7 Å². The zero-order valence-electron chi connectivity index (χ0n) is 14.9. The number of sulfone groups is 1. The number of nitrogens with one attached hydrogen (secondary N) is 1. The van der Waals surface area contributed by atoms with Crippen molar-refractivity contribution in [3.63, 3.8) is 0 Å². The van der Waals surface area contributed by atoms with E-state index in [1.54, 1.807) is 18.2 Å². The molecule has 0 aliphatic heterocycles. The standard InChI is InChI=1S/C17H22N2O7S.ClH/c18-14(7-9-16(22)23)17(24)19-12(6-8-15(20)21)10-11-27(25,26)13-4-2-1-3-5-13;/h1-5,10-12,14H,6-9,18H2,(H,19,24)(H,20,21)(H,22,23);1H/t12?,14-;/m0./s1. The lowest BCUT2D eigenvalue weighted by Gasteiger charge is -2.17. The second-order valence-electron chi connectivity index (χ2n) is 5.77. The average molecular weight is 435 g/mol. The monoisotopic (exact) mass is 434 g/mol. The number of carbonyl (C=O) groups excluding carboxylic acids is 1. The molecule has 11 heteroatoms. The van der Waals surface area contributed by atoms with E-state index in [1.165, 1.54) is 18.2 Å². The Morgan fingerprint density at radius 2 is 1.57 bits per heavy atom. The summed E-state index contributed by atoms with van der Waals surface area (Å²) >= 11 is 0. The molecular weight excluding hydrogens is 412 g/mol. The molecule has 5 N–H and O–H groups in total. The molecule has 0 bridgehead atoms. The minimum atomic E-state index is -3.76. The quantitative estimate of drug-likeness (QED) is 0.399. The molecule has 0 heterocycles. The second kappa shape index (κ2) is 12.1. The van der Waals surface area contributed by atoms with Crippen LogP contribution in [0.5, 0.6) is 0 Å². The fourth-order valence-electron chi connectivity index (χ4n) is 2.08. The predicted molar refractivity (Wildman–Crippen MR) is 104 cm³/mol. The summed E-state index contributed by atoms with van der Waals surface area (Å²) in [4.78, 5) is 33.4. The van der Waals surface area contributed by atoms with Gasteiger partial charge in [-0.05, 0) is 25.0 Å². The maximum absolute atomic E-state index is 12.3. The number of nitrogens with two attached hydrogens (primary N) is 1. The van der Waals surface area contributed by atoms with E-state index in [9.17, 15) is 22.8 Å². The molecular formula is C17H23ClN2O7S. The lowest BCUT2D eigenvalue weighted by Crippen LogP contribution is -2.45. The minimum Gasteiger partial charge on any atom is -0.481 e. The smallest absolute Gasteiger partial charge is 0.303 e. The van der Waals surface area contributed by atoms with E-state index < -0.39 is 39.8 Å². The van der Waals surface area contributed by atoms with Crippen LogP contribution >= 0.6 is 12.4 Å². The maximum atomic E-state index is 12.3. The molecule has 0 radical (unpaired) electrons. The van der Waals surface area contributed by atoms with Crippen molar-refractivity contribution in [3.8, 4) is 0 Å². The largest absolute Gasteiger partial charge is 0.481 e. The van der Waals surface area contributed by atoms with Crippen molar-refractivity contribution < 1.29 is 33.0 Å². The van der Waals surface area contributed by atoms with Crippen LogP contribution < -0.4 is 11.1 Å². The Morgan fingerprint density at radius 1 is 1.04 bits per heavy atom. The number of hydrogen-bond acceptors (Lipinski definition) is 6. The highest BCUT2D eigenvalue weighted by atomic mass is 35.5. The van der Waals surface area contributed by atoms with E-state index in [4.69, 9.17) is 15.9 Å². The first kappa shape index (κ1) is 25.6. The topological polar surface area (TPSA) is 164 Å². The van der Waals surface area contributed by atoms with Gasteiger partial charge in [0.25, 0.3) is 0 Å². The Morgan fingerprint density at radius 3 is 2.11 bits per heavy atom. The molecule has 1 amide bonds. The summed E-state index contributed by atoms with van der Waals surface area (Å²) in [6, 6.07) is 5.61. The van der Waals surface area contributed by atoms with Crippen molar-refractivity contribution in [2.24, 2.45) is 5.73 Å². The van der Waals surface area contributed by atoms with Crippen LogP contribution in [0.2, 0.25) is 0 Å². The highest BCUT2D eigenvalue weighted by Crippen LogP contribution is 2.12. The highest BCUT2D eigenvalue weighted by molar-refractivity contribution is 7.94. The summed E-state index contributed by atoms with van der Waals surface area (Å²) in [5.41, 5.74) is 5.61. The third kappa shape index (κ3) is 9.49. The summed E-state index contributed by atoms with van der Waals surface area (Å²) < 4.78 is 24.5. The zero-order valence-corrected chi connectivity index (χ0v) is 16.5. The molecule has 0 saturated heterocycles. The van der Waals surface area contributed by atoms with Gasteiger partial charge < -0.3 is 21.3 Å². The van der Waals surface area contributed by atoms with Gasteiger partial charge in [0.05, 0.1) is 10.9 Å². The first-order valence-corrected chi connectivity index (χ1v) is 9.64. The number of aliphatic carboxylic acids is 2. The third-order valence-corrected chi connectivity index (χ3v) is 5.01. The first-order chi connectivity index (χ1) is 12.6. The van der Waals surface area contributed by atoms with Crippen LogP contribution in [-0.2, 0) is 24.2 Å². The van der Waals surface area contributed by atoms with Crippen LogP contribution in [0.25, 0.3) is 0 Å². The number of halogens is 1. The Labute approximate surface area is 168 Å². The van der Waals surface area contributed by atoms with Gasteiger partial charge in [0, 0.05) is 24.3 Å². The fraction of sp³-hybridized carbons (Fsp3) is 0.353. The van der Waals surface area contributed by atoms with E-state index in [-0.39, 0.29) is 43.0 Å². The van der Waals surface area contributed by atoms with Crippen LogP contribution in [0, 0.1) is 0 Å². The van der Waals surface area contributed by atoms with E-state index >= 15 is 0 Å². The number of hydrogen-bond donors (Lipinski definition) is 4. The molecule has 2 atom stereocenters. The Bertz CT molecular complexity index is 797. The van der Waals surface area contributed by atoms with Crippen molar-refractivity contribution in [1.29, 1.82) is 0 Å². The summed E-state index contributed by atoms with van der Waals surface area (Å²) in [6.07, 6.45) is 0.442. The third-order valence-electron chi connectivity index (χ3n) is 3.56.